The molecular weight excluding hydrogens is 314 g/mol. The predicted octanol–water partition coefficient (Wildman–Crippen LogP) is 4.27. The van der Waals surface area contributed by atoms with Gasteiger partial charge in [0.05, 0.1) is 6.10 Å². The lowest BCUT2D eigenvalue weighted by Gasteiger charge is -2.14. The molecule has 1 heterocycles. The van der Waals surface area contributed by atoms with Gasteiger partial charge in [0.1, 0.15) is 0 Å². The van der Waals surface area contributed by atoms with Crippen LogP contribution in [0.15, 0.2) is 65.4 Å². The van der Waals surface area contributed by atoms with Gasteiger partial charge >= 0.3 is 0 Å². The van der Waals surface area contributed by atoms with Crippen LogP contribution < -0.4 is 0 Å². The third kappa shape index (κ3) is 2.74. The Hall–Kier alpha value is -1.71. The summed E-state index contributed by atoms with van der Waals surface area (Å²) in [4.78, 5) is 4.16. The Labute approximate surface area is 126 Å². The van der Waals surface area contributed by atoms with Crippen LogP contribution in [0.25, 0.3) is 10.8 Å². The van der Waals surface area contributed by atoms with Crippen LogP contribution in [0.5, 0.6) is 0 Å². The molecule has 1 aromatic heterocycles. The number of aliphatic hydroxyl groups excluding tert-OH is 1. The smallest absolute Gasteiger partial charge is 0.0836 e. The Morgan fingerprint density at radius 3 is 2.80 bits per heavy atom. The average molecular weight is 328 g/mol. The summed E-state index contributed by atoms with van der Waals surface area (Å²) >= 11 is 3.46. The van der Waals surface area contributed by atoms with E-state index in [0.29, 0.717) is 6.42 Å². The molecule has 0 aliphatic heterocycles. The maximum atomic E-state index is 10.5. The third-order valence-corrected chi connectivity index (χ3v) is 3.89. The van der Waals surface area contributed by atoms with Crippen LogP contribution in [0.2, 0.25) is 0 Å². The van der Waals surface area contributed by atoms with E-state index < -0.39 is 6.10 Å². The van der Waals surface area contributed by atoms with Gasteiger partial charge in [0.25, 0.3) is 0 Å². The van der Waals surface area contributed by atoms with Crippen molar-refractivity contribution in [1.29, 1.82) is 0 Å². The number of halogens is 1. The lowest BCUT2D eigenvalue weighted by molar-refractivity contribution is 0.180. The Kier molecular flexibility index (Phi) is 3.81. The first-order valence-corrected chi connectivity index (χ1v) is 7.28. The second-order valence-corrected chi connectivity index (χ2v) is 5.71. The van der Waals surface area contributed by atoms with E-state index in [1.54, 1.807) is 6.20 Å². The molecule has 0 fully saturated rings. The molecule has 3 aromatic rings. The largest absolute Gasteiger partial charge is 0.388 e. The highest BCUT2D eigenvalue weighted by atomic mass is 79.9. The van der Waals surface area contributed by atoms with Crippen molar-refractivity contribution in [2.24, 2.45) is 0 Å². The van der Waals surface area contributed by atoms with Crippen molar-refractivity contribution in [3.05, 3.63) is 76.5 Å². The van der Waals surface area contributed by atoms with E-state index in [1.165, 1.54) is 0 Å². The molecule has 2 nitrogen and oxygen atoms in total. The van der Waals surface area contributed by atoms with Crippen molar-refractivity contribution in [2.45, 2.75) is 12.5 Å². The Morgan fingerprint density at radius 2 is 1.95 bits per heavy atom. The van der Waals surface area contributed by atoms with Crippen LogP contribution in [0.1, 0.15) is 17.2 Å². The SMILES string of the molecule is OC(Cc1cccc(Br)c1)c1cccc2ccncc12. The van der Waals surface area contributed by atoms with E-state index in [9.17, 15) is 5.11 Å². The minimum Gasteiger partial charge on any atom is -0.388 e. The summed E-state index contributed by atoms with van der Waals surface area (Å²) in [6.45, 7) is 0. The van der Waals surface area contributed by atoms with Gasteiger partial charge < -0.3 is 5.11 Å². The molecule has 3 heteroatoms. The van der Waals surface area contributed by atoms with Gasteiger partial charge in [0, 0.05) is 28.7 Å². The fourth-order valence-corrected chi connectivity index (χ4v) is 2.87. The number of aromatic nitrogens is 1. The molecular formula is C17H14BrNO. The predicted molar refractivity (Wildman–Crippen MR) is 84.5 cm³/mol. The summed E-state index contributed by atoms with van der Waals surface area (Å²) in [7, 11) is 0. The van der Waals surface area contributed by atoms with E-state index in [1.807, 2.05) is 54.7 Å². The number of nitrogens with zero attached hydrogens (tertiary/aromatic N) is 1. The fourth-order valence-electron chi connectivity index (χ4n) is 2.42. The minimum absolute atomic E-state index is 0.530. The Morgan fingerprint density at radius 1 is 1.10 bits per heavy atom. The minimum atomic E-state index is -0.530. The number of hydrogen-bond acceptors (Lipinski definition) is 2. The lowest BCUT2D eigenvalue weighted by Crippen LogP contribution is -2.02. The van der Waals surface area contributed by atoms with Gasteiger partial charge in [-0.1, -0.05) is 46.3 Å². The van der Waals surface area contributed by atoms with Crippen molar-refractivity contribution < 1.29 is 5.11 Å². The average Bonchev–Trinajstić information content (AvgIpc) is 2.46. The van der Waals surface area contributed by atoms with Gasteiger partial charge in [-0.15, -0.1) is 0 Å². The summed E-state index contributed by atoms with van der Waals surface area (Å²) in [5.74, 6) is 0. The first-order valence-electron chi connectivity index (χ1n) is 6.49. The van der Waals surface area contributed by atoms with Crippen molar-refractivity contribution in [2.75, 3.05) is 0 Å². The molecule has 0 spiro atoms. The molecule has 1 unspecified atom stereocenters. The highest BCUT2D eigenvalue weighted by molar-refractivity contribution is 9.10. The zero-order chi connectivity index (χ0) is 13.9. The van der Waals surface area contributed by atoms with Gasteiger partial charge in [0.15, 0.2) is 0 Å². The highest BCUT2D eigenvalue weighted by Crippen LogP contribution is 2.26. The number of pyridine rings is 1. The summed E-state index contributed by atoms with van der Waals surface area (Å²) in [5, 5.41) is 12.6. The summed E-state index contributed by atoms with van der Waals surface area (Å²) in [6, 6.07) is 16.0. The van der Waals surface area contributed by atoms with E-state index in [4.69, 9.17) is 0 Å². The molecule has 0 saturated heterocycles. The molecule has 0 aliphatic rings. The van der Waals surface area contributed by atoms with Crippen molar-refractivity contribution in [3.8, 4) is 0 Å². The molecule has 2 aromatic carbocycles. The zero-order valence-corrected chi connectivity index (χ0v) is 12.4. The number of benzene rings is 2. The highest BCUT2D eigenvalue weighted by Gasteiger charge is 2.12. The molecule has 0 saturated carbocycles. The molecule has 20 heavy (non-hydrogen) atoms. The number of fused-ring (bicyclic) bond motifs is 1. The van der Waals surface area contributed by atoms with Crippen LogP contribution in [-0.4, -0.2) is 10.1 Å². The molecule has 0 amide bonds. The molecule has 0 aliphatic carbocycles. The number of rotatable bonds is 3. The Balaban J connectivity index is 1.94. The molecule has 100 valence electrons. The van der Waals surface area contributed by atoms with Gasteiger partial charge in [-0.2, -0.15) is 0 Å². The van der Waals surface area contributed by atoms with Crippen molar-refractivity contribution >= 4 is 26.7 Å². The summed E-state index contributed by atoms with van der Waals surface area (Å²) in [5.41, 5.74) is 2.03. The third-order valence-electron chi connectivity index (χ3n) is 3.39. The van der Waals surface area contributed by atoms with Crippen molar-refractivity contribution in [1.82, 2.24) is 4.98 Å². The number of aliphatic hydroxyl groups is 1. The molecule has 0 radical (unpaired) electrons. The quantitative estimate of drug-likeness (QED) is 0.779. The Bertz CT molecular complexity index is 736. The molecule has 1 atom stereocenters. The first-order chi connectivity index (χ1) is 9.74. The normalized spacial score (nSPS) is 12.5. The van der Waals surface area contributed by atoms with Gasteiger partial charge in [-0.05, 0) is 34.7 Å². The monoisotopic (exact) mass is 327 g/mol. The van der Waals surface area contributed by atoms with Crippen molar-refractivity contribution in [3.63, 3.8) is 0 Å². The van der Waals surface area contributed by atoms with Crippen LogP contribution >= 0.6 is 15.9 Å². The van der Waals surface area contributed by atoms with E-state index in [-0.39, 0.29) is 0 Å². The maximum absolute atomic E-state index is 10.5. The van der Waals surface area contributed by atoms with Gasteiger partial charge in [0.2, 0.25) is 0 Å². The van der Waals surface area contributed by atoms with Gasteiger partial charge in [-0.25, -0.2) is 0 Å². The summed E-state index contributed by atoms with van der Waals surface area (Å²) in [6.07, 6.45) is 3.65. The van der Waals surface area contributed by atoms with Gasteiger partial charge in [-0.3, -0.25) is 4.98 Å². The molecule has 0 bridgehead atoms. The van der Waals surface area contributed by atoms with Crippen LogP contribution in [-0.2, 0) is 6.42 Å². The summed E-state index contributed by atoms with van der Waals surface area (Å²) < 4.78 is 1.03. The topological polar surface area (TPSA) is 33.1 Å². The molecule has 3 rings (SSSR count). The molecule has 1 N–H and O–H groups in total. The van der Waals surface area contributed by atoms with E-state index >= 15 is 0 Å². The fraction of sp³-hybridized carbons (Fsp3) is 0.118. The zero-order valence-electron chi connectivity index (χ0n) is 10.8. The second-order valence-electron chi connectivity index (χ2n) is 4.79. The standard InChI is InChI=1S/C17H14BrNO/c18-14-5-1-3-12(9-14)10-17(20)15-6-2-4-13-7-8-19-11-16(13)15/h1-9,11,17,20H,10H2. The maximum Gasteiger partial charge on any atom is 0.0836 e. The van der Waals surface area contributed by atoms with Crippen LogP contribution in [0.3, 0.4) is 0 Å². The number of hydrogen-bond donors (Lipinski definition) is 1. The second kappa shape index (κ2) is 5.73. The van der Waals surface area contributed by atoms with E-state index in [0.717, 1.165) is 26.4 Å². The first kappa shape index (κ1) is 13.3. The van der Waals surface area contributed by atoms with E-state index in [2.05, 4.69) is 20.9 Å². The lowest BCUT2D eigenvalue weighted by atomic mass is 9.97. The van der Waals surface area contributed by atoms with Crippen LogP contribution in [0, 0.1) is 0 Å². The van der Waals surface area contributed by atoms with Crippen LogP contribution in [0.4, 0.5) is 0 Å².